The number of nitrogens with one attached hydrogen (secondary N) is 1. The molecule has 0 fully saturated rings. The maximum absolute atomic E-state index is 14.5. The molecule has 0 amide bonds. The number of nitrogens with zero attached hydrogens (tertiary/aromatic N) is 1. The molecule has 0 heterocycles. The van der Waals surface area contributed by atoms with Gasteiger partial charge in [-0.3, -0.25) is 0 Å². The molecule has 4 aromatic carbocycles. The van der Waals surface area contributed by atoms with Crippen molar-refractivity contribution in [2.45, 2.75) is 38.6 Å². The van der Waals surface area contributed by atoms with Crippen LogP contribution >= 0.6 is 50.7 Å². The summed E-state index contributed by atoms with van der Waals surface area (Å²) in [7, 11) is 0. The van der Waals surface area contributed by atoms with Gasteiger partial charge in [-0.25, -0.2) is 4.39 Å². The van der Waals surface area contributed by atoms with Crippen molar-refractivity contribution in [2.24, 2.45) is 0 Å². The van der Waals surface area contributed by atoms with Gasteiger partial charge in [0.2, 0.25) is 0 Å². The number of hydrogen-bond donors (Lipinski definition) is 3. The van der Waals surface area contributed by atoms with Gasteiger partial charge in [-0.2, -0.15) is 5.26 Å². The van der Waals surface area contributed by atoms with Gasteiger partial charge in [-0.1, -0.05) is 81.1 Å². The third-order valence-corrected chi connectivity index (χ3v) is 9.02. The first-order chi connectivity index (χ1) is 22.6. The van der Waals surface area contributed by atoms with Crippen LogP contribution in [-0.2, 0) is 19.8 Å². The van der Waals surface area contributed by atoms with Crippen molar-refractivity contribution < 1.29 is 28.8 Å². The third-order valence-electron chi connectivity index (χ3n) is 7.33. The Bertz CT molecular complexity index is 1730. The Morgan fingerprint density at radius 1 is 0.830 bits per heavy atom. The number of aliphatic hydroxyl groups is 2. The predicted molar refractivity (Wildman–Crippen MR) is 186 cm³/mol. The maximum atomic E-state index is 14.5. The van der Waals surface area contributed by atoms with Gasteiger partial charge in [0.15, 0.2) is 0 Å². The van der Waals surface area contributed by atoms with Crippen LogP contribution in [0.2, 0.25) is 15.1 Å². The average Bonchev–Trinajstić information content (AvgIpc) is 3.08. The molecule has 0 aliphatic rings. The average molecular weight is 767 g/mol. The molecule has 0 radical (unpaired) electrons. The molecule has 12 heteroatoms. The Balaban J connectivity index is 1.60. The highest BCUT2D eigenvalue weighted by atomic mass is 79.9. The lowest BCUT2D eigenvalue weighted by Gasteiger charge is -2.27. The van der Waals surface area contributed by atoms with Crippen LogP contribution < -0.4 is 19.5 Å². The quantitative estimate of drug-likeness (QED) is 0.0777. The van der Waals surface area contributed by atoms with Crippen molar-refractivity contribution in [3.8, 4) is 34.4 Å². The number of alkyl halides is 1. The van der Waals surface area contributed by atoms with E-state index in [0.717, 1.165) is 11.8 Å². The van der Waals surface area contributed by atoms with Crippen LogP contribution in [0, 0.1) is 17.1 Å². The number of ether oxygens (including phenoxy) is 3. The van der Waals surface area contributed by atoms with E-state index in [2.05, 4.69) is 21.2 Å². The summed E-state index contributed by atoms with van der Waals surface area (Å²) >= 11 is 23.6. The lowest BCUT2D eigenvalue weighted by Crippen LogP contribution is -2.48. The fourth-order valence-electron chi connectivity index (χ4n) is 4.46. The van der Waals surface area contributed by atoms with E-state index in [0.29, 0.717) is 56.0 Å². The van der Waals surface area contributed by atoms with Gasteiger partial charge in [0, 0.05) is 45.8 Å². The van der Waals surface area contributed by atoms with E-state index in [4.69, 9.17) is 49.0 Å². The van der Waals surface area contributed by atoms with Crippen molar-refractivity contribution in [1.82, 2.24) is 5.32 Å². The van der Waals surface area contributed by atoms with Crippen LogP contribution in [0.25, 0.3) is 11.1 Å². The highest BCUT2D eigenvalue weighted by Gasteiger charge is 2.23. The normalized spacial score (nSPS) is 11.3. The van der Waals surface area contributed by atoms with Gasteiger partial charge in [-0.05, 0) is 43.7 Å². The van der Waals surface area contributed by atoms with E-state index < -0.39 is 11.4 Å². The number of benzene rings is 4. The molecule has 0 saturated heterocycles. The minimum atomic E-state index is -0.976. The number of nitriles is 1. The zero-order chi connectivity index (χ0) is 34.0. The molecule has 0 spiro atoms. The Kier molecular flexibility index (Phi) is 13.6. The van der Waals surface area contributed by atoms with Crippen LogP contribution in [0.3, 0.4) is 0 Å². The van der Waals surface area contributed by atoms with E-state index in [-0.39, 0.29) is 49.3 Å². The third kappa shape index (κ3) is 9.52. The highest BCUT2D eigenvalue weighted by molar-refractivity contribution is 9.09. The molecule has 0 aliphatic heterocycles. The minimum Gasteiger partial charge on any atom is -0.492 e. The summed E-state index contributed by atoms with van der Waals surface area (Å²) in [5.74, 6) is 0.646. The first kappa shape index (κ1) is 36.8. The standard InChI is InChI=1S/C35H33BrCl3FN2O5/c1-35(20-43,21-44)42-17-24-14-28(37)32(15-31(24)46-19-25-13-22(16-41)9-10-29(25)40)47-18-23-5-2-6-26(33(23)38)27-7-3-8-30(34(27)39)45-12-4-11-36/h2-3,5-10,13-15,42-44H,4,11-12,17-21H2,1H3. The van der Waals surface area contributed by atoms with Crippen molar-refractivity contribution in [2.75, 3.05) is 25.2 Å². The van der Waals surface area contributed by atoms with Crippen LogP contribution in [-0.4, -0.2) is 40.9 Å². The summed E-state index contributed by atoms with van der Waals surface area (Å²) in [6, 6.07) is 20.3. The van der Waals surface area contributed by atoms with E-state index in [9.17, 15) is 19.9 Å². The zero-order valence-corrected chi connectivity index (χ0v) is 29.3. The van der Waals surface area contributed by atoms with Crippen molar-refractivity contribution >= 4 is 50.7 Å². The van der Waals surface area contributed by atoms with E-state index in [1.165, 1.54) is 18.2 Å². The Hall–Kier alpha value is -3.07. The molecule has 0 atom stereocenters. The van der Waals surface area contributed by atoms with Gasteiger partial charge in [0.25, 0.3) is 0 Å². The van der Waals surface area contributed by atoms with Gasteiger partial charge in [0.05, 0.1) is 52.1 Å². The van der Waals surface area contributed by atoms with Gasteiger partial charge in [0.1, 0.15) is 36.3 Å². The Labute approximate surface area is 296 Å². The molecule has 248 valence electrons. The fourth-order valence-corrected chi connectivity index (χ4v) is 5.50. The number of hydrogen-bond acceptors (Lipinski definition) is 7. The smallest absolute Gasteiger partial charge is 0.142 e. The lowest BCUT2D eigenvalue weighted by atomic mass is 10.0. The Morgan fingerprint density at radius 2 is 1.51 bits per heavy atom. The Morgan fingerprint density at radius 3 is 2.21 bits per heavy atom. The summed E-state index contributed by atoms with van der Waals surface area (Å²) in [4.78, 5) is 0. The molecule has 0 bridgehead atoms. The molecular formula is C35H33BrCl3FN2O5. The molecule has 47 heavy (non-hydrogen) atoms. The topological polar surface area (TPSA) is 104 Å². The molecule has 0 unspecified atom stereocenters. The second-order valence-corrected chi connectivity index (χ2v) is 12.9. The van der Waals surface area contributed by atoms with Crippen LogP contribution in [0.15, 0.2) is 66.7 Å². The van der Waals surface area contributed by atoms with Crippen LogP contribution in [0.4, 0.5) is 4.39 Å². The van der Waals surface area contributed by atoms with Gasteiger partial charge >= 0.3 is 0 Å². The number of rotatable bonds is 16. The lowest BCUT2D eigenvalue weighted by molar-refractivity contribution is 0.103. The SMILES string of the molecule is CC(CO)(CO)NCc1cc(Cl)c(OCc2cccc(-c3cccc(OCCCBr)c3Cl)c2Cl)cc1OCc1cc(C#N)ccc1F. The predicted octanol–water partition coefficient (Wildman–Crippen LogP) is 8.48. The van der Waals surface area contributed by atoms with Crippen molar-refractivity contribution in [3.05, 3.63) is 110 Å². The molecule has 4 aromatic rings. The van der Waals surface area contributed by atoms with Gasteiger partial charge in [-0.15, -0.1) is 0 Å². The van der Waals surface area contributed by atoms with Crippen molar-refractivity contribution in [1.29, 1.82) is 5.26 Å². The fraction of sp³-hybridized carbons (Fsp3) is 0.286. The first-order valence-electron chi connectivity index (χ1n) is 14.6. The molecule has 3 N–H and O–H groups in total. The molecule has 4 rings (SSSR count). The summed E-state index contributed by atoms with van der Waals surface area (Å²) in [5, 5.41) is 33.8. The largest absolute Gasteiger partial charge is 0.492 e. The molecule has 0 saturated carbocycles. The molecular weight excluding hydrogens is 734 g/mol. The zero-order valence-electron chi connectivity index (χ0n) is 25.5. The van der Waals surface area contributed by atoms with E-state index in [1.807, 2.05) is 42.5 Å². The summed E-state index contributed by atoms with van der Waals surface area (Å²) < 4.78 is 32.5. The van der Waals surface area contributed by atoms with E-state index >= 15 is 0 Å². The summed E-state index contributed by atoms with van der Waals surface area (Å²) in [5.41, 5.74) is 2.17. The van der Waals surface area contributed by atoms with Gasteiger partial charge < -0.3 is 29.7 Å². The molecule has 7 nitrogen and oxygen atoms in total. The molecule has 0 aromatic heterocycles. The number of halogens is 5. The second-order valence-electron chi connectivity index (χ2n) is 10.9. The van der Waals surface area contributed by atoms with Crippen molar-refractivity contribution in [3.63, 3.8) is 0 Å². The second kappa shape index (κ2) is 17.4. The minimum absolute atomic E-state index is 0.0500. The molecule has 0 aliphatic carbocycles. The summed E-state index contributed by atoms with van der Waals surface area (Å²) in [6.07, 6.45) is 0.830. The summed E-state index contributed by atoms with van der Waals surface area (Å²) in [6.45, 7) is 1.56. The maximum Gasteiger partial charge on any atom is 0.142 e. The van der Waals surface area contributed by atoms with Crippen LogP contribution in [0.5, 0.6) is 17.2 Å². The monoisotopic (exact) mass is 764 g/mol. The number of aliphatic hydroxyl groups excluding tert-OH is 2. The first-order valence-corrected chi connectivity index (χ1v) is 16.9. The van der Waals surface area contributed by atoms with Crippen LogP contribution in [0.1, 0.15) is 35.6 Å². The van der Waals surface area contributed by atoms with E-state index in [1.54, 1.807) is 19.1 Å². The highest BCUT2D eigenvalue weighted by Crippen LogP contribution is 2.40.